The highest BCUT2D eigenvalue weighted by Crippen LogP contribution is 2.32. The predicted molar refractivity (Wildman–Crippen MR) is 86.6 cm³/mol. The van der Waals surface area contributed by atoms with Crippen LogP contribution in [0.25, 0.3) is 0 Å². The molecule has 122 valence electrons. The monoisotopic (exact) mass is 306 g/mol. The van der Waals surface area contributed by atoms with Gasteiger partial charge in [-0.05, 0) is 25.7 Å². The average molecular weight is 306 g/mol. The van der Waals surface area contributed by atoms with Gasteiger partial charge in [-0.2, -0.15) is 0 Å². The summed E-state index contributed by atoms with van der Waals surface area (Å²) in [7, 11) is 3.68. The van der Waals surface area contributed by atoms with Gasteiger partial charge in [0.05, 0.1) is 12.6 Å². The normalized spacial score (nSPS) is 16.4. The fourth-order valence-electron chi connectivity index (χ4n) is 2.21. The van der Waals surface area contributed by atoms with Crippen molar-refractivity contribution in [3.63, 3.8) is 0 Å². The summed E-state index contributed by atoms with van der Waals surface area (Å²) < 4.78 is 7.25. The Bertz CT molecular complexity index is 520. The van der Waals surface area contributed by atoms with Crippen molar-refractivity contribution in [3.8, 4) is 0 Å². The molecule has 0 radical (unpaired) electrons. The number of rotatable bonds is 8. The maximum absolute atomic E-state index is 5.30. The fraction of sp³-hybridized carbons (Fsp3) is 0.667. The molecule has 0 bridgehead atoms. The molecule has 1 aliphatic rings. The Morgan fingerprint density at radius 3 is 2.86 bits per heavy atom. The van der Waals surface area contributed by atoms with Crippen molar-refractivity contribution in [1.29, 1.82) is 0 Å². The van der Waals surface area contributed by atoms with E-state index >= 15 is 0 Å². The zero-order valence-electron chi connectivity index (χ0n) is 13.7. The molecule has 2 rings (SSSR count). The number of guanidine groups is 1. The highest BCUT2D eigenvalue weighted by molar-refractivity contribution is 5.80. The maximum atomic E-state index is 5.30. The summed E-state index contributed by atoms with van der Waals surface area (Å²) in [6.07, 6.45) is 4.31. The van der Waals surface area contributed by atoms with E-state index in [1.54, 1.807) is 7.11 Å². The molecule has 1 heterocycles. The number of nitrogens with one attached hydrogen (secondary N) is 2. The molecule has 7 nitrogen and oxygen atoms in total. The number of methoxy groups -OCH3 is 1. The largest absolute Gasteiger partial charge is 0.383 e. The lowest BCUT2D eigenvalue weighted by Gasteiger charge is -2.20. The van der Waals surface area contributed by atoms with Crippen LogP contribution in [0, 0.1) is 12.8 Å². The van der Waals surface area contributed by atoms with Gasteiger partial charge < -0.3 is 19.9 Å². The first kappa shape index (κ1) is 16.5. The summed E-state index contributed by atoms with van der Waals surface area (Å²) in [4.78, 5) is 4.61. The van der Waals surface area contributed by atoms with Gasteiger partial charge in [0.25, 0.3) is 0 Å². The van der Waals surface area contributed by atoms with E-state index in [1.165, 1.54) is 12.8 Å². The molecule has 7 heteroatoms. The third-order valence-electron chi connectivity index (χ3n) is 3.83. The second-order valence-electron chi connectivity index (χ2n) is 5.60. The van der Waals surface area contributed by atoms with Crippen LogP contribution in [0.4, 0.5) is 0 Å². The molecular weight excluding hydrogens is 280 g/mol. The van der Waals surface area contributed by atoms with Gasteiger partial charge in [-0.25, -0.2) is 4.99 Å². The van der Waals surface area contributed by atoms with Crippen LogP contribution in [0.5, 0.6) is 0 Å². The predicted octanol–water partition coefficient (Wildman–Crippen LogP) is 0.770. The Balaban J connectivity index is 2.01. The Hall–Kier alpha value is -1.89. The first-order valence-corrected chi connectivity index (χ1v) is 7.65. The molecule has 0 saturated heterocycles. The molecule has 1 aliphatic carbocycles. The molecule has 1 aromatic heterocycles. The summed E-state index contributed by atoms with van der Waals surface area (Å²) in [5.74, 6) is 3.16. The van der Waals surface area contributed by atoms with Crippen molar-refractivity contribution < 1.29 is 4.74 Å². The molecule has 1 unspecified atom stereocenters. The smallest absolute Gasteiger partial charge is 0.192 e. The lowest BCUT2D eigenvalue weighted by atomic mass is 10.2. The molecule has 0 spiro atoms. The molecule has 2 N–H and O–H groups in total. The van der Waals surface area contributed by atoms with Crippen LogP contribution in [0.2, 0.25) is 0 Å². The first-order valence-electron chi connectivity index (χ1n) is 7.65. The van der Waals surface area contributed by atoms with Crippen LogP contribution in [0.1, 0.15) is 24.5 Å². The SMILES string of the molecule is C=CCNC(=NCc1nnc(C)n1C)NC(COC)C1CC1. The van der Waals surface area contributed by atoms with Gasteiger partial charge in [0.1, 0.15) is 12.4 Å². The standard InChI is InChI=1S/C15H26N6O/c1-5-8-16-15(18-13(10-22-4)12-6-7-12)17-9-14-20-19-11(2)21(14)3/h5,12-13H,1,6-10H2,2-4H3,(H2,16,17,18). The van der Waals surface area contributed by atoms with Crippen molar-refractivity contribution in [2.45, 2.75) is 32.4 Å². The number of aryl methyl sites for hydroxylation is 1. The third kappa shape index (κ3) is 4.56. The van der Waals surface area contributed by atoms with Gasteiger partial charge in [0.15, 0.2) is 11.8 Å². The first-order chi connectivity index (χ1) is 10.7. The molecule has 1 saturated carbocycles. The highest BCUT2D eigenvalue weighted by atomic mass is 16.5. The van der Waals surface area contributed by atoms with E-state index < -0.39 is 0 Å². The van der Waals surface area contributed by atoms with Crippen molar-refractivity contribution in [1.82, 2.24) is 25.4 Å². The number of aromatic nitrogens is 3. The minimum Gasteiger partial charge on any atom is -0.383 e. The van der Waals surface area contributed by atoms with Gasteiger partial charge >= 0.3 is 0 Å². The zero-order chi connectivity index (χ0) is 15.9. The van der Waals surface area contributed by atoms with E-state index in [0.717, 1.165) is 17.6 Å². The summed E-state index contributed by atoms with van der Waals surface area (Å²) in [5, 5.41) is 14.9. The minimum atomic E-state index is 0.294. The zero-order valence-corrected chi connectivity index (χ0v) is 13.7. The number of hydrogen-bond acceptors (Lipinski definition) is 4. The lowest BCUT2D eigenvalue weighted by Crippen LogP contribution is -2.46. The van der Waals surface area contributed by atoms with Crippen LogP contribution in [-0.2, 0) is 18.3 Å². The average Bonchev–Trinajstić information content (AvgIpc) is 3.30. The number of hydrogen-bond donors (Lipinski definition) is 2. The molecule has 0 aliphatic heterocycles. The van der Waals surface area contributed by atoms with Gasteiger partial charge in [-0.1, -0.05) is 6.08 Å². The van der Waals surface area contributed by atoms with E-state index in [0.29, 0.717) is 31.7 Å². The second-order valence-corrected chi connectivity index (χ2v) is 5.60. The van der Waals surface area contributed by atoms with Crippen LogP contribution in [0.15, 0.2) is 17.6 Å². The van der Waals surface area contributed by atoms with Crippen molar-refractivity contribution >= 4 is 5.96 Å². The fourth-order valence-corrected chi connectivity index (χ4v) is 2.21. The van der Waals surface area contributed by atoms with Gasteiger partial charge in [-0.3, -0.25) is 0 Å². The molecule has 1 aromatic rings. The summed E-state index contributed by atoms with van der Waals surface area (Å²) in [6, 6.07) is 0.294. The van der Waals surface area contributed by atoms with E-state index in [4.69, 9.17) is 4.74 Å². The molecule has 0 amide bonds. The molecular formula is C15H26N6O. The molecule has 1 fully saturated rings. The van der Waals surface area contributed by atoms with Gasteiger partial charge in [0, 0.05) is 20.7 Å². The summed E-state index contributed by atoms with van der Waals surface area (Å²) in [6.45, 7) is 7.49. The Morgan fingerprint density at radius 1 is 1.55 bits per heavy atom. The van der Waals surface area contributed by atoms with Crippen molar-refractivity contribution in [3.05, 3.63) is 24.3 Å². The Kier molecular flexibility index (Phi) is 5.94. The maximum Gasteiger partial charge on any atom is 0.192 e. The Morgan fingerprint density at radius 2 is 2.32 bits per heavy atom. The van der Waals surface area contributed by atoms with Gasteiger partial charge in [-0.15, -0.1) is 16.8 Å². The number of ether oxygens (including phenoxy) is 1. The highest BCUT2D eigenvalue weighted by Gasteiger charge is 2.31. The van der Waals surface area contributed by atoms with E-state index in [9.17, 15) is 0 Å². The van der Waals surface area contributed by atoms with E-state index in [2.05, 4.69) is 32.4 Å². The molecule has 22 heavy (non-hydrogen) atoms. The van der Waals surface area contributed by atoms with Crippen LogP contribution >= 0.6 is 0 Å². The second kappa shape index (κ2) is 7.93. The third-order valence-corrected chi connectivity index (χ3v) is 3.83. The molecule has 0 aromatic carbocycles. The quantitative estimate of drug-likeness (QED) is 0.421. The van der Waals surface area contributed by atoms with Crippen LogP contribution < -0.4 is 10.6 Å². The Labute approximate surface area is 131 Å². The van der Waals surface area contributed by atoms with Gasteiger partial charge in [0.2, 0.25) is 0 Å². The van der Waals surface area contributed by atoms with Crippen LogP contribution in [-0.4, -0.2) is 47.0 Å². The summed E-state index contributed by atoms with van der Waals surface area (Å²) >= 11 is 0. The van der Waals surface area contributed by atoms with E-state index in [1.807, 2.05) is 24.6 Å². The van der Waals surface area contributed by atoms with Crippen molar-refractivity contribution in [2.24, 2.45) is 18.0 Å². The number of nitrogens with zero attached hydrogens (tertiary/aromatic N) is 4. The summed E-state index contributed by atoms with van der Waals surface area (Å²) in [5.41, 5.74) is 0. The number of aliphatic imine (C=N–C) groups is 1. The topological polar surface area (TPSA) is 76.4 Å². The van der Waals surface area contributed by atoms with Crippen LogP contribution in [0.3, 0.4) is 0 Å². The van der Waals surface area contributed by atoms with E-state index in [-0.39, 0.29) is 0 Å². The minimum absolute atomic E-state index is 0.294. The van der Waals surface area contributed by atoms with Crippen molar-refractivity contribution in [2.75, 3.05) is 20.3 Å². The molecule has 1 atom stereocenters. The lowest BCUT2D eigenvalue weighted by molar-refractivity contribution is 0.165.